The number of benzene rings is 1. The predicted octanol–water partition coefficient (Wildman–Crippen LogP) is 2.20. The van der Waals surface area contributed by atoms with Crippen molar-refractivity contribution in [1.29, 1.82) is 0 Å². The monoisotopic (exact) mass is 402 g/mol. The van der Waals surface area contributed by atoms with Crippen molar-refractivity contribution in [2.75, 3.05) is 26.2 Å². The molecule has 0 aliphatic carbocycles. The lowest BCUT2D eigenvalue weighted by molar-refractivity contribution is -0.124. The van der Waals surface area contributed by atoms with Gasteiger partial charge in [0.1, 0.15) is 4.90 Å². The number of ether oxygens (including phenoxy) is 1. The third-order valence-corrected chi connectivity index (χ3v) is 6.39. The van der Waals surface area contributed by atoms with Gasteiger partial charge in [-0.3, -0.25) is 4.79 Å². The van der Waals surface area contributed by atoms with Crippen molar-refractivity contribution in [2.45, 2.75) is 37.5 Å². The Kier molecular flexibility index (Phi) is 7.43. The van der Waals surface area contributed by atoms with E-state index in [1.807, 2.05) is 6.92 Å². The molecule has 0 bridgehead atoms. The third kappa shape index (κ3) is 5.18. The summed E-state index contributed by atoms with van der Waals surface area (Å²) >= 11 is 6.07. The van der Waals surface area contributed by atoms with Crippen molar-refractivity contribution in [3.63, 3.8) is 0 Å². The van der Waals surface area contributed by atoms with Gasteiger partial charge in [0.05, 0.1) is 10.6 Å². The van der Waals surface area contributed by atoms with E-state index in [4.69, 9.17) is 16.3 Å². The molecular formula is C17H23ClN2O5S. The molecule has 1 saturated heterocycles. The number of nitrogens with one attached hydrogen (secondary N) is 1. The van der Waals surface area contributed by atoms with Crippen molar-refractivity contribution in [3.8, 4) is 0 Å². The highest BCUT2D eigenvalue weighted by Crippen LogP contribution is 2.28. The first-order chi connectivity index (χ1) is 12.4. The summed E-state index contributed by atoms with van der Waals surface area (Å²) in [7, 11) is -3.78. The zero-order valence-electron chi connectivity index (χ0n) is 14.7. The molecule has 0 unspecified atom stereocenters. The number of carbonyl (C=O) groups excluding carboxylic acids is 2. The van der Waals surface area contributed by atoms with Gasteiger partial charge in [0.25, 0.3) is 5.91 Å². The summed E-state index contributed by atoms with van der Waals surface area (Å²) in [5, 5.41) is 2.64. The Labute approximate surface area is 158 Å². The zero-order valence-corrected chi connectivity index (χ0v) is 16.2. The average Bonchev–Trinajstić information content (AvgIpc) is 2.65. The van der Waals surface area contributed by atoms with Gasteiger partial charge in [-0.05, 0) is 37.5 Å². The van der Waals surface area contributed by atoms with Crippen LogP contribution in [0.25, 0.3) is 0 Å². The van der Waals surface area contributed by atoms with Crippen LogP contribution in [0.15, 0.2) is 23.1 Å². The molecule has 1 aliphatic heterocycles. The third-order valence-electron chi connectivity index (χ3n) is 4.01. The number of hydrogen-bond donors (Lipinski definition) is 1. The summed E-state index contributed by atoms with van der Waals surface area (Å²) in [6, 6.07) is 3.94. The van der Waals surface area contributed by atoms with Gasteiger partial charge < -0.3 is 10.1 Å². The number of hydrogen-bond acceptors (Lipinski definition) is 5. The summed E-state index contributed by atoms with van der Waals surface area (Å²) in [4.78, 5) is 23.5. The van der Waals surface area contributed by atoms with Crippen LogP contribution in [0, 0.1) is 0 Å². The normalized spacial score (nSPS) is 15.5. The van der Waals surface area contributed by atoms with Gasteiger partial charge in [0.2, 0.25) is 10.0 Å². The van der Waals surface area contributed by atoms with Gasteiger partial charge in [-0.25, -0.2) is 13.2 Å². The Balaban J connectivity index is 2.13. The predicted molar refractivity (Wildman–Crippen MR) is 97.6 cm³/mol. The van der Waals surface area contributed by atoms with Gasteiger partial charge in [0, 0.05) is 19.6 Å². The number of rotatable bonds is 7. The maximum atomic E-state index is 12.8. The fourth-order valence-corrected chi connectivity index (χ4v) is 4.62. The molecule has 1 amide bonds. The lowest BCUT2D eigenvalue weighted by atomic mass is 10.2. The second-order valence-electron chi connectivity index (χ2n) is 6.04. The molecule has 1 heterocycles. The summed E-state index contributed by atoms with van der Waals surface area (Å²) in [6.07, 6.45) is 3.36. The number of halogens is 1. The molecule has 9 heteroatoms. The second-order valence-corrected chi connectivity index (χ2v) is 8.35. The van der Waals surface area contributed by atoms with Crippen LogP contribution in [0.4, 0.5) is 0 Å². The molecule has 0 saturated carbocycles. The fraction of sp³-hybridized carbons (Fsp3) is 0.529. The van der Waals surface area contributed by atoms with Crippen molar-refractivity contribution < 1.29 is 22.7 Å². The van der Waals surface area contributed by atoms with Gasteiger partial charge >= 0.3 is 5.97 Å². The number of amides is 1. The van der Waals surface area contributed by atoms with Crippen molar-refractivity contribution in [1.82, 2.24) is 9.62 Å². The number of sulfonamides is 1. The van der Waals surface area contributed by atoms with Crippen LogP contribution in [0.5, 0.6) is 0 Å². The van der Waals surface area contributed by atoms with Gasteiger partial charge in [-0.1, -0.05) is 24.9 Å². The molecule has 0 radical (unpaired) electrons. The van der Waals surface area contributed by atoms with E-state index in [2.05, 4.69) is 5.32 Å². The summed E-state index contributed by atoms with van der Waals surface area (Å²) in [5.41, 5.74) is 0.0354. The molecule has 1 aromatic carbocycles. The van der Waals surface area contributed by atoms with Crippen molar-refractivity contribution >= 4 is 33.5 Å². The molecule has 7 nitrogen and oxygen atoms in total. The first-order valence-corrected chi connectivity index (χ1v) is 10.4. The number of nitrogens with zero attached hydrogens (tertiary/aromatic N) is 1. The number of piperidine rings is 1. The van der Waals surface area contributed by atoms with Crippen LogP contribution in [0.3, 0.4) is 0 Å². The van der Waals surface area contributed by atoms with E-state index < -0.39 is 28.5 Å². The highest BCUT2D eigenvalue weighted by molar-refractivity contribution is 7.89. The maximum Gasteiger partial charge on any atom is 0.338 e. The maximum absolute atomic E-state index is 12.8. The minimum Gasteiger partial charge on any atom is -0.452 e. The second kappa shape index (κ2) is 9.34. The minimum absolute atomic E-state index is 0.0354. The van der Waals surface area contributed by atoms with E-state index in [1.165, 1.54) is 22.5 Å². The van der Waals surface area contributed by atoms with Crippen LogP contribution in [0.1, 0.15) is 43.0 Å². The van der Waals surface area contributed by atoms with Crippen LogP contribution in [-0.2, 0) is 19.6 Å². The standard InChI is InChI=1S/C17H23ClN2O5S/c1-2-8-19-16(21)12-25-17(22)13-6-7-14(18)15(11-13)26(23,24)20-9-4-3-5-10-20/h6-7,11H,2-5,8-10,12H2,1H3,(H,19,21). The topological polar surface area (TPSA) is 92.8 Å². The largest absolute Gasteiger partial charge is 0.452 e. The highest BCUT2D eigenvalue weighted by atomic mass is 35.5. The SMILES string of the molecule is CCCNC(=O)COC(=O)c1ccc(Cl)c(S(=O)(=O)N2CCCCC2)c1. The molecule has 1 aliphatic rings. The van der Waals surface area contributed by atoms with E-state index in [0.29, 0.717) is 19.6 Å². The Hall–Kier alpha value is -1.64. The fourth-order valence-electron chi connectivity index (χ4n) is 2.60. The molecule has 0 aromatic heterocycles. The molecular weight excluding hydrogens is 380 g/mol. The molecule has 1 N–H and O–H groups in total. The molecule has 0 spiro atoms. The van der Waals surface area contributed by atoms with E-state index in [9.17, 15) is 18.0 Å². The zero-order chi connectivity index (χ0) is 19.2. The first-order valence-electron chi connectivity index (χ1n) is 8.59. The van der Waals surface area contributed by atoms with Gasteiger partial charge in [0.15, 0.2) is 6.61 Å². The molecule has 1 fully saturated rings. The Bertz CT molecular complexity index is 760. The quantitative estimate of drug-likeness (QED) is 0.706. The summed E-state index contributed by atoms with van der Waals surface area (Å²) in [6.45, 7) is 2.85. The molecule has 2 rings (SSSR count). The van der Waals surface area contributed by atoms with Crippen molar-refractivity contribution in [3.05, 3.63) is 28.8 Å². The Morgan fingerprint density at radius 2 is 1.92 bits per heavy atom. The molecule has 1 aromatic rings. The minimum atomic E-state index is -3.78. The Morgan fingerprint density at radius 3 is 2.58 bits per heavy atom. The number of esters is 1. The molecule has 144 valence electrons. The lowest BCUT2D eigenvalue weighted by Gasteiger charge is -2.26. The van der Waals surface area contributed by atoms with E-state index >= 15 is 0 Å². The average molecular weight is 403 g/mol. The summed E-state index contributed by atoms with van der Waals surface area (Å²) < 4.78 is 31.9. The van der Waals surface area contributed by atoms with Gasteiger partial charge in [-0.15, -0.1) is 0 Å². The first kappa shape index (κ1) is 20.7. The van der Waals surface area contributed by atoms with E-state index in [-0.39, 0.29) is 15.5 Å². The Morgan fingerprint density at radius 1 is 1.23 bits per heavy atom. The van der Waals surface area contributed by atoms with Gasteiger partial charge in [-0.2, -0.15) is 4.31 Å². The molecule has 0 atom stereocenters. The smallest absolute Gasteiger partial charge is 0.338 e. The van der Waals surface area contributed by atoms with Crippen LogP contribution >= 0.6 is 11.6 Å². The lowest BCUT2D eigenvalue weighted by Crippen LogP contribution is -2.35. The van der Waals surface area contributed by atoms with Crippen molar-refractivity contribution in [2.24, 2.45) is 0 Å². The summed E-state index contributed by atoms with van der Waals surface area (Å²) in [5.74, 6) is -1.18. The molecule has 26 heavy (non-hydrogen) atoms. The van der Waals surface area contributed by atoms with Crippen LogP contribution < -0.4 is 5.32 Å². The van der Waals surface area contributed by atoms with E-state index in [0.717, 1.165) is 25.7 Å². The number of carbonyl (C=O) groups is 2. The van der Waals surface area contributed by atoms with Crippen LogP contribution in [-0.4, -0.2) is 50.8 Å². The van der Waals surface area contributed by atoms with E-state index in [1.54, 1.807) is 0 Å². The van der Waals surface area contributed by atoms with Crippen LogP contribution in [0.2, 0.25) is 5.02 Å². The highest BCUT2D eigenvalue weighted by Gasteiger charge is 2.29.